The average Bonchev–Trinajstić information content (AvgIpc) is 3.07. The van der Waals surface area contributed by atoms with E-state index >= 15 is 0 Å². The van der Waals surface area contributed by atoms with Crippen molar-refractivity contribution >= 4 is 29.8 Å². The van der Waals surface area contributed by atoms with Crippen molar-refractivity contribution in [3.63, 3.8) is 0 Å². The fourth-order valence-electron chi connectivity index (χ4n) is 6.66. The smallest absolute Gasteiger partial charge is 0.214 e. The Morgan fingerprint density at radius 2 is 0.646 bits per heavy atom. The Hall–Kier alpha value is -1.16. The van der Waals surface area contributed by atoms with Gasteiger partial charge < -0.3 is 5.32 Å². The molecular formula is C43H82ClNO3. The monoisotopic (exact) mass is 696 g/mol. The second kappa shape index (κ2) is 37.1. The minimum atomic E-state index is -1.70. The predicted octanol–water partition coefficient (Wildman–Crippen LogP) is 13.9. The maximum atomic E-state index is 13.9. The van der Waals surface area contributed by atoms with Crippen molar-refractivity contribution in [3.05, 3.63) is 12.3 Å². The minimum absolute atomic E-state index is 0. The van der Waals surface area contributed by atoms with E-state index in [9.17, 15) is 14.4 Å². The van der Waals surface area contributed by atoms with Gasteiger partial charge in [-0.3, -0.25) is 14.4 Å². The molecule has 0 aromatic carbocycles. The molecule has 0 radical (unpaired) electrons. The number of rotatable bonds is 38. The van der Waals surface area contributed by atoms with Gasteiger partial charge in [0.2, 0.25) is 5.54 Å². The molecule has 0 saturated carbocycles. The molecule has 0 aromatic rings. The Labute approximate surface area is 306 Å². The van der Waals surface area contributed by atoms with Crippen molar-refractivity contribution in [3.8, 4) is 0 Å². The van der Waals surface area contributed by atoms with Crippen molar-refractivity contribution in [2.45, 2.75) is 245 Å². The van der Waals surface area contributed by atoms with Crippen molar-refractivity contribution in [1.82, 2.24) is 5.32 Å². The lowest BCUT2D eigenvalue weighted by atomic mass is 9.78. The molecule has 0 spiro atoms. The second-order valence-electron chi connectivity index (χ2n) is 14.4. The van der Waals surface area contributed by atoms with Gasteiger partial charge in [0.25, 0.3) is 0 Å². The molecule has 0 amide bonds. The highest BCUT2D eigenvalue weighted by molar-refractivity contribution is 6.29. The number of nitrogens with one attached hydrogen (secondary N) is 1. The molecule has 1 N–H and O–H groups in total. The van der Waals surface area contributed by atoms with Gasteiger partial charge in [0, 0.05) is 19.3 Å². The summed E-state index contributed by atoms with van der Waals surface area (Å²) in [4.78, 5) is 41.7. The van der Waals surface area contributed by atoms with Gasteiger partial charge in [-0.25, -0.2) is 0 Å². The Morgan fingerprint density at radius 3 is 0.938 bits per heavy atom. The van der Waals surface area contributed by atoms with Crippen LogP contribution in [0.15, 0.2) is 12.3 Å². The molecule has 0 rings (SSSR count). The number of carbonyl (C=O) groups excluding carboxylic acids is 3. The lowest BCUT2D eigenvalue weighted by Gasteiger charge is -2.30. The average molecular weight is 697 g/mol. The molecule has 0 heterocycles. The maximum Gasteiger partial charge on any atom is 0.214 e. The van der Waals surface area contributed by atoms with E-state index in [0.717, 1.165) is 109 Å². The van der Waals surface area contributed by atoms with E-state index in [2.05, 4.69) is 33.0 Å². The van der Waals surface area contributed by atoms with Crippen LogP contribution in [0.5, 0.6) is 0 Å². The van der Waals surface area contributed by atoms with Crippen LogP contribution < -0.4 is 5.32 Å². The molecule has 48 heavy (non-hydrogen) atoms. The van der Waals surface area contributed by atoms with Crippen LogP contribution in [0.25, 0.3) is 0 Å². The van der Waals surface area contributed by atoms with Gasteiger partial charge in [-0.1, -0.05) is 194 Å². The highest BCUT2D eigenvalue weighted by Gasteiger charge is 2.49. The zero-order valence-electron chi connectivity index (χ0n) is 32.6. The molecule has 0 saturated heterocycles. The SMILES string of the molecule is CCCCCCCCCCCCCCCCC=CNC(C(=O)CCCCCCC)(C(=O)CCCCCCC)C(=O)CCCCCCC.Cl. The number of ketones is 3. The molecule has 284 valence electrons. The van der Waals surface area contributed by atoms with Gasteiger partial charge in [-0.15, -0.1) is 12.4 Å². The zero-order chi connectivity index (χ0) is 34.7. The summed E-state index contributed by atoms with van der Waals surface area (Å²) in [5.41, 5.74) is -1.70. The number of Topliss-reactive ketones (excluding diaryl/α,β-unsaturated/α-hetero) is 3. The third-order valence-electron chi connectivity index (χ3n) is 9.92. The summed E-state index contributed by atoms with van der Waals surface area (Å²) >= 11 is 0. The summed E-state index contributed by atoms with van der Waals surface area (Å²) < 4.78 is 0. The van der Waals surface area contributed by atoms with E-state index in [1.54, 1.807) is 6.20 Å². The fourth-order valence-corrected chi connectivity index (χ4v) is 6.66. The number of hydrogen-bond donors (Lipinski definition) is 1. The standard InChI is InChI=1S/C43H81NO3.ClH/c1-5-9-13-17-18-19-20-21-22-23-24-25-26-27-31-35-39-44-43(40(45)36-32-28-14-10-6-2,41(46)37-33-29-15-11-7-3)42(47)38-34-30-16-12-8-4;/h35,39,44H,5-34,36-38H2,1-4H3;1H. The Morgan fingerprint density at radius 1 is 0.396 bits per heavy atom. The topological polar surface area (TPSA) is 63.2 Å². The van der Waals surface area contributed by atoms with Crippen molar-refractivity contribution in [1.29, 1.82) is 0 Å². The highest BCUT2D eigenvalue weighted by atomic mass is 35.5. The summed E-state index contributed by atoms with van der Waals surface area (Å²) in [6.45, 7) is 8.83. The number of allylic oxidation sites excluding steroid dienone is 1. The molecule has 0 bridgehead atoms. The third kappa shape index (κ3) is 25.8. The summed E-state index contributed by atoms with van der Waals surface area (Å²) in [7, 11) is 0. The van der Waals surface area contributed by atoms with E-state index in [0.29, 0.717) is 19.3 Å². The molecule has 4 nitrogen and oxygen atoms in total. The van der Waals surface area contributed by atoms with Crippen LogP contribution in [0.2, 0.25) is 0 Å². The van der Waals surface area contributed by atoms with Crippen LogP contribution in [0.4, 0.5) is 0 Å². The van der Waals surface area contributed by atoms with E-state index < -0.39 is 5.54 Å². The first kappa shape index (κ1) is 49.0. The highest BCUT2D eigenvalue weighted by Crippen LogP contribution is 2.23. The van der Waals surface area contributed by atoms with Gasteiger partial charge in [-0.05, 0) is 38.3 Å². The lowest BCUT2D eigenvalue weighted by molar-refractivity contribution is -0.144. The van der Waals surface area contributed by atoms with Crippen LogP contribution >= 0.6 is 12.4 Å². The van der Waals surface area contributed by atoms with E-state index in [-0.39, 0.29) is 29.8 Å². The Balaban J connectivity index is 0. The van der Waals surface area contributed by atoms with Gasteiger partial charge in [0.15, 0.2) is 17.3 Å². The predicted molar refractivity (Wildman–Crippen MR) is 212 cm³/mol. The van der Waals surface area contributed by atoms with Gasteiger partial charge in [0.05, 0.1) is 0 Å². The molecule has 0 aliphatic heterocycles. The fraction of sp³-hybridized carbons (Fsp3) is 0.884. The molecule has 0 aromatic heterocycles. The van der Waals surface area contributed by atoms with Crippen molar-refractivity contribution in [2.75, 3.05) is 0 Å². The quantitative estimate of drug-likeness (QED) is 0.0516. The van der Waals surface area contributed by atoms with Gasteiger partial charge >= 0.3 is 0 Å². The third-order valence-corrected chi connectivity index (χ3v) is 9.92. The molecule has 0 fully saturated rings. The molecule has 0 aliphatic carbocycles. The van der Waals surface area contributed by atoms with E-state index in [4.69, 9.17) is 0 Å². The summed E-state index contributed by atoms with van der Waals surface area (Å²) in [6.07, 6.45) is 39.8. The lowest BCUT2D eigenvalue weighted by Crippen LogP contribution is -2.62. The first-order valence-electron chi connectivity index (χ1n) is 21.0. The van der Waals surface area contributed by atoms with E-state index in [1.807, 2.05) is 6.08 Å². The van der Waals surface area contributed by atoms with Gasteiger partial charge in [-0.2, -0.15) is 0 Å². The molecule has 0 unspecified atom stereocenters. The summed E-state index contributed by atoms with van der Waals surface area (Å²) in [5, 5.41) is 3.21. The first-order chi connectivity index (χ1) is 23.0. The minimum Gasteiger partial charge on any atom is -0.367 e. The number of hydrogen-bond acceptors (Lipinski definition) is 4. The molecule has 0 aliphatic rings. The Bertz CT molecular complexity index is 701. The van der Waals surface area contributed by atoms with Gasteiger partial charge in [0.1, 0.15) is 0 Å². The molecule has 0 atom stereocenters. The van der Waals surface area contributed by atoms with Crippen molar-refractivity contribution < 1.29 is 14.4 Å². The van der Waals surface area contributed by atoms with Crippen LogP contribution in [0.1, 0.15) is 240 Å². The van der Waals surface area contributed by atoms with Crippen molar-refractivity contribution in [2.24, 2.45) is 0 Å². The Kier molecular flexibility index (Phi) is 37.8. The molecule has 5 heteroatoms. The van der Waals surface area contributed by atoms with E-state index in [1.165, 1.54) is 83.5 Å². The second-order valence-corrected chi connectivity index (χ2v) is 14.4. The number of unbranched alkanes of at least 4 members (excludes halogenated alkanes) is 26. The van der Waals surface area contributed by atoms with Crippen LogP contribution in [0, 0.1) is 0 Å². The van der Waals surface area contributed by atoms with Crippen LogP contribution in [-0.2, 0) is 14.4 Å². The normalized spacial score (nSPS) is 11.6. The first-order valence-corrected chi connectivity index (χ1v) is 21.0. The maximum absolute atomic E-state index is 13.9. The summed E-state index contributed by atoms with van der Waals surface area (Å²) in [5.74, 6) is -0.605. The number of halogens is 1. The van der Waals surface area contributed by atoms with Crippen LogP contribution in [0.3, 0.4) is 0 Å². The number of carbonyl (C=O) groups is 3. The zero-order valence-corrected chi connectivity index (χ0v) is 33.4. The summed E-state index contributed by atoms with van der Waals surface area (Å²) in [6, 6.07) is 0. The van der Waals surface area contributed by atoms with Crippen LogP contribution in [-0.4, -0.2) is 22.9 Å². The molecular weight excluding hydrogens is 614 g/mol. The largest absolute Gasteiger partial charge is 0.367 e.